The number of hydrogen-bond donors (Lipinski definition) is 2. The summed E-state index contributed by atoms with van der Waals surface area (Å²) in [5.41, 5.74) is 7.17. The summed E-state index contributed by atoms with van der Waals surface area (Å²) in [4.78, 5) is 14.7. The van der Waals surface area contributed by atoms with Crippen LogP contribution in [0.1, 0.15) is 20.3 Å². The molecule has 2 aromatic rings. The molecule has 0 aromatic carbocycles. The van der Waals surface area contributed by atoms with Crippen molar-refractivity contribution in [1.29, 1.82) is 0 Å². The number of nitrogens with zero attached hydrogens (tertiary/aromatic N) is 5. The van der Waals surface area contributed by atoms with Crippen LogP contribution < -0.4 is 5.73 Å². The molecule has 0 aliphatic carbocycles. The molecule has 1 saturated heterocycles. The molecule has 1 aliphatic heterocycles. The SMILES string of the molecule is CC(C)C[C@H]1CN(Cn2cnc3c(N)ncnc32)C[C@@H]1O. The van der Waals surface area contributed by atoms with Gasteiger partial charge in [0.15, 0.2) is 11.5 Å². The van der Waals surface area contributed by atoms with Crippen molar-refractivity contribution in [2.75, 3.05) is 18.8 Å². The Bertz CT molecular complexity index is 625. The number of imidazole rings is 1. The lowest BCUT2D eigenvalue weighted by molar-refractivity contribution is 0.129. The molecule has 1 aliphatic rings. The lowest BCUT2D eigenvalue weighted by Gasteiger charge is -2.17. The number of nitrogens with two attached hydrogens (primary N) is 1. The van der Waals surface area contributed by atoms with E-state index in [4.69, 9.17) is 5.73 Å². The molecule has 2 atom stereocenters. The second kappa shape index (κ2) is 5.57. The highest BCUT2D eigenvalue weighted by Crippen LogP contribution is 2.25. The molecule has 0 radical (unpaired) electrons. The van der Waals surface area contributed by atoms with Crippen LogP contribution in [0.3, 0.4) is 0 Å². The molecule has 114 valence electrons. The number of rotatable bonds is 4. The first-order valence-corrected chi connectivity index (χ1v) is 7.36. The van der Waals surface area contributed by atoms with E-state index < -0.39 is 0 Å². The fraction of sp³-hybridized carbons (Fsp3) is 0.643. The first kappa shape index (κ1) is 14.2. The van der Waals surface area contributed by atoms with E-state index >= 15 is 0 Å². The number of anilines is 1. The van der Waals surface area contributed by atoms with Gasteiger partial charge in [0.1, 0.15) is 11.8 Å². The zero-order valence-corrected chi connectivity index (χ0v) is 12.5. The molecule has 0 saturated carbocycles. The number of likely N-dealkylation sites (tertiary alicyclic amines) is 1. The zero-order chi connectivity index (χ0) is 15.0. The summed E-state index contributed by atoms with van der Waals surface area (Å²) in [6, 6.07) is 0. The fourth-order valence-corrected chi connectivity index (χ4v) is 3.11. The van der Waals surface area contributed by atoms with E-state index in [0.717, 1.165) is 18.6 Å². The number of hydrogen-bond acceptors (Lipinski definition) is 6. The standard InChI is InChI=1S/C14H22N6O/c1-9(2)3-10-4-19(5-11(10)21)8-20-7-18-12-13(15)16-6-17-14(12)20/h6-7,9-11,21H,3-5,8H2,1-2H3,(H2,15,16,17)/t10-,11-/m0/s1. The molecule has 21 heavy (non-hydrogen) atoms. The van der Waals surface area contributed by atoms with E-state index in [2.05, 4.69) is 33.7 Å². The zero-order valence-electron chi connectivity index (χ0n) is 12.5. The third-order valence-electron chi connectivity index (χ3n) is 4.04. The number of aromatic nitrogens is 4. The minimum absolute atomic E-state index is 0.248. The van der Waals surface area contributed by atoms with Crippen molar-refractivity contribution in [2.45, 2.75) is 33.0 Å². The van der Waals surface area contributed by atoms with Gasteiger partial charge in [-0.2, -0.15) is 0 Å². The smallest absolute Gasteiger partial charge is 0.166 e. The molecule has 7 nitrogen and oxygen atoms in total. The normalized spacial score (nSPS) is 23.4. The van der Waals surface area contributed by atoms with E-state index in [9.17, 15) is 5.11 Å². The van der Waals surface area contributed by atoms with Crippen LogP contribution in [-0.4, -0.2) is 48.7 Å². The van der Waals surface area contributed by atoms with Crippen molar-refractivity contribution in [3.8, 4) is 0 Å². The van der Waals surface area contributed by atoms with Crippen LogP contribution in [0.2, 0.25) is 0 Å². The molecular weight excluding hydrogens is 268 g/mol. The van der Waals surface area contributed by atoms with E-state index in [1.165, 1.54) is 6.33 Å². The van der Waals surface area contributed by atoms with E-state index in [0.29, 0.717) is 36.4 Å². The second-order valence-corrected chi connectivity index (χ2v) is 6.28. The largest absolute Gasteiger partial charge is 0.391 e. The minimum Gasteiger partial charge on any atom is -0.391 e. The molecule has 1 fully saturated rings. The van der Waals surface area contributed by atoms with Crippen LogP contribution in [0.25, 0.3) is 11.2 Å². The molecule has 0 amide bonds. The van der Waals surface area contributed by atoms with Gasteiger partial charge in [-0.3, -0.25) is 4.90 Å². The van der Waals surface area contributed by atoms with Gasteiger partial charge in [-0.1, -0.05) is 13.8 Å². The van der Waals surface area contributed by atoms with Gasteiger partial charge in [-0.25, -0.2) is 15.0 Å². The quantitative estimate of drug-likeness (QED) is 0.861. The molecule has 3 N–H and O–H groups in total. The highest BCUT2D eigenvalue weighted by molar-refractivity contribution is 5.80. The van der Waals surface area contributed by atoms with Gasteiger partial charge in [0.05, 0.1) is 19.1 Å². The van der Waals surface area contributed by atoms with Gasteiger partial charge in [0, 0.05) is 13.1 Å². The van der Waals surface area contributed by atoms with Gasteiger partial charge >= 0.3 is 0 Å². The van der Waals surface area contributed by atoms with Crippen molar-refractivity contribution in [3.63, 3.8) is 0 Å². The van der Waals surface area contributed by atoms with Crippen LogP contribution in [0.4, 0.5) is 5.82 Å². The van der Waals surface area contributed by atoms with E-state index in [1.54, 1.807) is 6.33 Å². The summed E-state index contributed by atoms with van der Waals surface area (Å²) in [6.07, 6.45) is 3.99. The molecule has 3 heterocycles. The Labute approximate surface area is 123 Å². The average molecular weight is 290 g/mol. The molecule has 0 unspecified atom stereocenters. The molecular formula is C14H22N6O. The van der Waals surface area contributed by atoms with Gasteiger partial charge in [0.25, 0.3) is 0 Å². The van der Waals surface area contributed by atoms with Crippen molar-refractivity contribution in [3.05, 3.63) is 12.7 Å². The van der Waals surface area contributed by atoms with Crippen molar-refractivity contribution >= 4 is 17.0 Å². The predicted octanol–water partition coefficient (Wildman–Crippen LogP) is 0.705. The van der Waals surface area contributed by atoms with Crippen LogP contribution in [0, 0.1) is 11.8 Å². The Balaban J connectivity index is 1.73. The second-order valence-electron chi connectivity index (χ2n) is 6.28. The molecule has 0 bridgehead atoms. The van der Waals surface area contributed by atoms with Gasteiger partial charge in [0.2, 0.25) is 0 Å². The van der Waals surface area contributed by atoms with Crippen LogP contribution in [0.5, 0.6) is 0 Å². The number of β-amino-alcohol motifs (C(OH)–C–C–N with tert-alkyl or cyclic N) is 1. The monoisotopic (exact) mass is 290 g/mol. The summed E-state index contributed by atoms with van der Waals surface area (Å²) in [5, 5.41) is 10.2. The third kappa shape index (κ3) is 2.84. The Morgan fingerprint density at radius 1 is 1.33 bits per heavy atom. The number of fused-ring (bicyclic) bond motifs is 1. The van der Waals surface area contributed by atoms with E-state index in [-0.39, 0.29) is 6.10 Å². The molecule has 2 aromatic heterocycles. The average Bonchev–Trinajstić information content (AvgIpc) is 2.96. The highest BCUT2D eigenvalue weighted by Gasteiger charge is 2.31. The predicted molar refractivity (Wildman–Crippen MR) is 80.3 cm³/mol. The lowest BCUT2D eigenvalue weighted by atomic mass is 9.95. The summed E-state index contributed by atoms with van der Waals surface area (Å²) in [5.74, 6) is 1.35. The molecule has 3 rings (SSSR count). The van der Waals surface area contributed by atoms with Gasteiger partial charge in [-0.15, -0.1) is 0 Å². The Morgan fingerprint density at radius 2 is 2.14 bits per heavy atom. The maximum Gasteiger partial charge on any atom is 0.166 e. The van der Waals surface area contributed by atoms with Crippen LogP contribution in [-0.2, 0) is 6.67 Å². The Hall–Kier alpha value is -1.73. The first-order chi connectivity index (χ1) is 10.0. The number of aliphatic hydroxyl groups is 1. The van der Waals surface area contributed by atoms with Crippen molar-refractivity contribution in [2.24, 2.45) is 11.8 Å². The summed E-state index contributed by atoms with van der Waals surface area (Å²) >= 11 is 0. The maximum atomic E-state index is 10.2. The third-order valence-corrected chi connectivity index (χ3v) is 4.04. The summed E-state index contributed by atoms with van der Waals surface area (Å²) < 4.78 is 1.96. The highest BCUT2D eigenvalue weighted by atomic mass is 16.3. The Kier molecular flexibility index (Phi) is 3.77. The molecule has 0 spiro atoms. The number of nitrogen functional groups attached to an aromatic ring is 1. The van der Waals surface area contributed by atoms with Crippen LogP contribution >= 0.6 is 0 Å². The van der Waals surface area contributed by atoms with E-state index in [1.807, 2.05) is 4.57 Å². The Morgan fingerprint density at radius 3 is 2.90 bits per heavy atom. The fourth-order valence-electron chi connectivity index (χ4n) is 3.11. The molecule has 7 heteroatoms. The maximum absolute atomic E-state index is 10.2. The number of aliphatic hydroxyl groups excluding tert-OH is 1. The summed E-state index contributed by atoms with van der Waals surface area (Å²) in [7, 11) is 0. The van der Waals surface area contributed by atoms with Crippen LogP contribution in [0.15, 0.2) is 12.7 Å². The minimum atomic E-state index is -0.248. The van der Waals surface area contributed by atoms with Gasteiger partial charge < -0.3 is 15.4 Å². The van der Waals surface area contributed by atoms with Gasteiger partial charge in [-0.05, 0) is 18.3 Å². The lowest BCUT2D eigenvalue weighted by Crippen LogP contribution is -2.24. The summed E-state index contributed by atoms with van der Waals surface area (Å²) in [6.45, 7) is 6.65. The first-order valence-electron chi connectivity index (χ1n) is 7.36. The topological polar surface area (TPSA) is 93.1 Å². The van der Waals surface area contributed by atoms with Crippen molar-refractivity contribution in [1.82, 2.24) is 24.4 Å². The van der Waals surface area contributed by atoms with Crippen molar-refractivity contribution < 1.29 is 5.11 Å².